The van der Waals surface area contributed by atoms with Gasteiger partial charge in [-0.1, -0.05) is 26.2 Å². The molecule has 1 amide bonds. The molecule has 1 heterocycles. The Hall–Kier alpha value is -1.26. The molecule has 0 bridgehead atoms. The van der Waals surface area contributed by atoms with Crippen molar-refractivity contribution in [1.82, 2.24) is 4.90 Å². The van der Waals surface area contributed by atoms with E-state index in [2.05, 4.69) is 6.92 Å². The molecule has 0 aromatic rings. The van der Waals surface area contributed by atoms with Crippen LogP contribution in [-0.2, 0) is 9.53 Å². The summed E-state index contributed by atoms with van der Waals surface area (Å²) >= 11 is 0. The highest BCUT2D eigenvalue weighted by atomic mass is 16.6. The van der Waals surface area contributed by atoms with Crippen molar-refractivity contribution in [3.8, 4) is 0 Å². The minimum Gasteiger partial charge on any atom is -0.481 e. The van der Waals surface area contributed by atoms with Crippen molar-refractivity contribution in [2.75, 3.05) is 13.1 Å². The van der Waals surface area contributed by atoms with Crippen LogP contribution in [0.2, 0.25) is 0 Å². The van der Waals surface area contributed by atoms with Crippen molar-refractivity contribution in [3.63, 3.8) is 0 Å². The molecule has 1 spiro atoms. The molecule has 3 atom stereocenters. The summed E-state index contributed by atoms with van der Waals surface area (Å²) in [5, 5.41) is 9.70. The quantitative estimate of drug-likeness (QED) is 0.835. The molecule has 5 heteroatoms. The molecule has 0 radical (unpaired) electrons. The number of ether oxygens (including phenoxy) is 1. The average Bonchev–Trinajstić information content (AvgIpc) is 2.68. The van der Waals surface area contributed by atoms with Gasteiger partial charge in [0.2, 0.25) is 0 Å². The molecule has 0 aromatic carbocycles. The van der Waals surface area contributed by atoms with Crippen molar-refractivity contribution in [2.45, 2.75) is 71.8 Å². The molecule has 3 unspecified atom stereocenters. The van der Waals surface area contributed by atoms with Crippen LogP contribution in [0.25, 0.3) is 0 Å². The van der Waals surface area contributed by atoms with Gasteiger partial charge < -0.3 is 14.7 Å². The molecule has 2 rings (SSSR count). The summed E-state index contributed by atoms with van der Waals surface area (Å²) in [6.07, 6.45) is 5.90. The van der Waals surface area contributed by atoms with E-state index in [-0.39, 0.29) is 18.1 Å². The summed E-state index contributed by atoms with van der Waals surface area (Å²) in [6, 6.07) is 0. The zero-order valence-corrected chi connectivity index (χ0v) is 14.9. The van der Waals surface area contributed by atoms with Gasteiger partial charge in [0, 0.05) is 18.5 Å². The van der Waals surface area contributed by atoms with Gasteiger partial charge >= 0.3 is 12.1 Å². The number of hydrogen-bond donors (Lipinski definition) is 1. The van der Waals surface area contributed by atoms with Crippen LogP contribution < -0.4 is 0 Å². The Kier molecular flexibility index (Phi) is 5.27. The molecule has 1 aliphatic carbocycles. The third-order valence-corrected chi connectivity index (χ3v) is 5.51. The summed E-state index contributed by atoms with van der Waals surface area (Å²) in [5.74, 6) is -0.545. The second-order valence-corrected chi connectivity index (χ2v) is 8.32. The normalized spacial score (nSPS) is 31.9. The Morgan fingerprint density at radius 2 is 1.96 bits per heavy atom. The highest BCUT2D eigenvalue weighted by Gasteiger charge is 2.52. The molecule has 2 fully saturated rings. The van der Waals surface area contributed by atoms with E-state index >= 15 is 0 Å². The first kappa shape index (κ1) is 18.1. The highest BCUT2D eigenvalue weighted by molar-refractivity contribution is 5.75. The van der Waals surface area contributed by atoms with Gasteiger partial charge in [0.15, 0.2) is 0 Å². The molecule has 1 N–H and O–H groups in total. The van der Waals surface area contributed by atoms with E-state index in [0.29, 0.717) is 12.5 Å². The number of carboxylic acid groups (broad SMARTS) is 1. The Balaban J connectivity index is 2.15. The Bertz CT molecular complexity index is 456. The zero-order valence-electron chi connectivity index (χ0n) is 14.9. The lowest BCUT2D eigenvalue weighted by molar-refractivity contribution is -0.145. The lowest BCUT2D eigenvalue weighted by Crippen LogP contribution is -2.37. The summed E-state index contributed by atoms with van der Waals surface area (Å²) in [7, 11) is 0. The first-order valence-corrected chi connectivity index (χ1v) is 8.87. The molecule has 2 aliphatic rings. The molecule has 132 valence electrons. The second kappa shape index (κ2) is 6.70. The first-order valence-electron chi connectivity index (χ1n) is 8.87. The van der Waals surface area contributed by atoms with E-state index in [1.807, 2.05) is 20.8 Å². The van der Waals surface area contributed by atoms with Crippen LogP contribution in [0, 0.1) is 17.3 Å². The number of carboxylic acids is 1. The molecule has 1 saturated heterocycles. The average molecular weight is 325 g/mol. The van der Waals surface area contributed by atoms with Crippen molar-refractivity contribution >= 4 is 12.1 Å². The predicted octanol–water partition coefficient (Wildman–Crippen LogP) is 3.91. The van der Waals surface area contributed by atoms with Crippen LogP contribution in [0.5, 0.6) is 0 Å². The standard InChI is InChI=1S/C18H31NO4/c1-5-13-7-6-9-18(10-8-13)12-19(11-14(18)15(20)21)16(22)23-17(2,3)4/h13-14H,5-12H2,1-4H3,(H,20,21). The Morgan fingerprint density at radius 1 is 1.26 bits per heavy atom. The van der Waals surface area contributed by atoms with Crippen molar-refractivity contribution in [2.24, 2.45) is 17.3 Å². The summed E-state index contributed by atoms with van der Waals surface area (Å²) in [6.45, 7) is 8.52. The van der Waals surface area contributed by atoms with Crippen LogP contribution in [0.15, 0.2) is 0 Å². The van der Waals surface area contributed by atoms with Crippen molar-refractivity contribution < 1.29 is 19.4 Å². The molecular formula is C18H31NO4. The van der Waals surface area contributed by atoms with Gasteiger partial charge in [0.05, 0.1) is 5.92 Å². The summed E-state index contributed by atoms with van der Waals surface area (Å²) in [5.41, 5.74) is -0.824. The van der Waals surface area contributed by atoms with Gasteiger partial charge in [-0.25, -0.2) is 4.79 Å². The van der Waals surface area contributed by atoms with Gasteiger partial charge in [0.1, 0.15) is 5.60 Å². The maximum Gasteiger partial charge on any atom is 0.410 e. The Morgan fingerprint density at radius 3 is 2.52 bits per heavy atom. The maximum atomic E-state index is 12.4. The number of likely N-dealkylation sites (tertiary alicyclic amines) is 1. The maximum absolute atomic E-state index is 12.4. The Labute approximate surface area is 139 Å². The predicted molar refractivity (Wildman–Crippen MR) is 88.2 cm³/mol. The molecule has 23 heavy (non-hydrogen) atoms. The van der Waals surface area contributed by atoms with E-state index in [1.54, 1.807) is 4.90 Å². The number of amides is 1. The van der Waals surface area contributed by atoms with Gasteiger partial charge in [-0.15, -0.1) is 0 Å². The second-order valence-electron chi connectivity index (χ2n) is 8.32. The number of aliphatic carboxylic acids is 1. The molecule has 5 nitrogen and oxygen atoms in total. The van der Waals surface area contributed by atoms with Crippen LogP contribution in [0.4, 0.5) is 4.79 Å². The fraction of sp³-hybridized carbons (Fsp3) is 0.889. The smallest absolute Gasteiger partial charge is 0.410 e. The number of nitrogens with zero attached hydrogens (tertiary/aromatic N) is 1. The SMILES string of the molecule is CCC1CCCC2(CC1)CN(C(=O)OC(C)(C)C)CC2C(=O)O. The summed E-state index contributed by atoms with van der Waals surface area (Å²) in [4.78, 5) is 25.8. The number of rotatable bonds is 2. The molecule has 1 aliphatic heterocycles. The number of carbonyl (C=O) groups is 2. The monoisotopic (exact) mass is 325 g/mol. The lowest BCUT2D eigenvalue weighted by atomic mass is 9.72. The fourth-order valence-electron chi connectivity index (χ4n) is 4.19. The molecule has 0 aromatic heterocycles. The van der Waals surface area contributed by atoms with Gasteiger partial charge in [-0.2, -0.15) is 0 Å². The van der Waals surface area contributed by atoms with E-state index < -0.39 is 17.5 Å². The van der Waals surface area contributed by atoms with Crippen LogP contribution in [-0.4, -0.2) is 40.8 Å². The third kappa shape index (κ3) is 4.18. The largest absolute Gasteiger partial charge is 0.481 e. The summed E-state index contributed by atoms with van der Waals surface area (Å²) < 4.78 is 5.45. The fourth-order valence-corrected chi connectivity index (χ4v) is 4.19. The minimum absolute atomic E-state index is 0.271. The van der Waals surface area contributed by atoms with E-state index in [4.69, 9.17) is 4.74 Å². The van der Waals surface area contributed by atoms with E-state index in [9.17, 15) is 14.7 Å². The van der Waals surface area contributed by atoms with E-state index in [1.165, 1.54) is 6.42 Å². The minimum atomic E-state index is -0.772. The van der Waals surface area contributed by atoms with Crippen molar-refractivity contribution in [1.29, 1.82) is 0 Å². The first-order chi connectivity index (χ1) is 10.7. The highest BCUT2D eigenvalue weighted by Crippen LogP contribution is 2.48. The number of carbonyl (C=O) groups excluding carboxylic acids is 1. The van der Waals surface area contributed by atoms with Crippen LogP contribution in [0.1, 0.15) is 66.2 Å². The van der Waals surface area contributed by atoms with E-state index in [0.717, 1.165) is 32.1 Å². The van der Waals surface area contributed by atoms with Crippen LogP contribution in [0.3, 0.4) is 0 Å². The van der Waals surface area contributed by atoms with Crippen molar-refractivity contribution in [3.05, 3.63) is 0 Å². The molecule has 1 saturated carbocycles. The van der Waals surface area contributed by atoms with Gasteiger partial charge in [-0.3, -0.25) is 4.79 Å². The zero-order chi connectivity index (χ0) is 17.3. The third-order valence-electron chi connectivity index (χ3n) is 5.51. The lowest BCUT2D eigenvalue weighted by Gasteiger charge is -2.31. The molecular weight excluding hydrogens is 294 g/mol. The van der Waals surface area contributed by atoms with Crippen LogP contribution >= 0.6 is 0 Å². The topological polar surface area (TPSA) is 66.8 Å². The van der Waals surface area contributed by atoms with Gasteiger partial charge in [0.25, 0.3) is 0 Å². The number of hydrogen-bond acceptors (Lipinski definition) is 3. The van der Waals surface area contributed by atoms with Gasteiger partial charge in [-0.05, 0) is 46.0 Å².